The molecule has 6 rings (SSSR count). The molecule has 27 heavy (non-hydrogen) atoms. The molecule has 0 aromatic rings. The Balaban J connectivity index is 1.40. The van der Waals surface area contributed by atoms with E-state index in [2.05, 4.69) is 0 Å². The zero-order valence-corrected chi connectivity index (χ0v) is 17.1. The van der Waals surface area contributed by atoms with Gasteiger partial charge in [-0.25, -0.2) is 4.79 Å². The topological polar surface area (TPSA) is 59.0 Å². The van der Waals surface area contributed by atoms with Crippen LogP contribution in [0.1, 0.15) is 72.1 Å². The second-order valence-electron chi connectivity index (χ2n) is 11.4. The molecule has 152 valence electrons. The van der Waals surface area contributed by atoms with E-state index in [1.54, 1.807) is 0 Å². The van der Waals surface area contributed by atoms with Gasteiger partial charge in [0.2, 0.25) is 0 Å². The Labute approximate surface area is 162 Å². The molecule has 0 radical (unpaired) electrons. The minimum atomic E-state index is -0.652. The average Bonchev–Trinajstić information content (AvgIpc) is 2.50. The van der Waals surface area contributed by atoms with Crippen molar-refractivity contribution in [3.05, 3.63) is 0 Å². The van der Waals surface area contributed by atoms with Crippen molar-refractivity contribution in [2.45, 2.75) is 95.4 Å². The lowest BCUT2D eigenvalue weighted by Crippen LogP contribution is -2.69. The van der Waals surface area contributed by atoms with Crippen LogP contribution in [0, 0.1) is 23.2 Å². The Bertz CT molecular complexity index is 575. The Morgan fingerprint density at radius 3 is 1.89 bits per heavy atom. The quantitative estimate of drug-likeness (QED) is 0.756. The molecule has 1 N–H and O–H groups in total. The molecule has 0 aromatic carbocycles. The predicted molar refractivity (Wildman–Crippen MR) is 101 cm³/mol. The standard InChI is InChI=1S/C22H35NO4/c1-20(2,3)27-19(24)23-17-10-22(25,11-18(23)13-26-12-17)21-7-14-4-15(8-21)6-16(5-14)9-21/h14-18,25H,4-13H2,1-3H3. The molecule has 5 heteroatoms. The molecule has 6 fully saturated rings. The van der Waals surface area contributed by atoms with Crippen LogP contribution >= 0.6 is 0 Å². The van der Waals surface area contributed by atoms with Crippen LogP contribution in [0.3, 0.4) is 0 Å². The lowest BCUT2D eigenvalue weighted by atomic mass is 9.43. The number of piperidine rings is 1. The highest BCUT2D eigenvalue weighted by Crippen LogP contribution is 2.66. The number of nitrogens with zero attached hydrogens (tertiary/aromatic N) is 1. The van der Waals surface area contributed by atoms with E-state index in [4.69, 9.17) is 9.47 Å². The number of carbonyl (C=O) groups is 1. The zero-order chi connectivity index (χ0) is 19.0. The van der Waals surface area contributed by atoms with Crippen molar-refractivity contribution in [1.29, 1.82) is 0 Å². The van der Waals surface area contributed by atoms with E-state index in [0.717, 1.165) is 17.8 Å². The van der Waals surface area contributed by atoms with Crippen molar-refractivity contribution >= 4 is 6.09 Å². The first-order chi connectivity index (χ1) is 12.7. The summed E-state index contributed by atoms with van der Waals surface area (Å²) in [7, 11) is 0. The molecule has 2 atom stereocenters. The van der Waals surface area contributed by atoms with Gasteiger partial charge in [-0.2, -0.15) is 0 Å². The molecule has 2 unspecified atom stereocenters. The summed E-state index contributed by atoms with van der Waals surface area (Å²) in [6.07, 6.45) is 8.80. The molecule has 4 saturated carbocycles. The van der Waals surface area contributed by atoms with Gasteiger partial charge in [0, 0.05) is 5.41 Å². The molecule has 2 saturated heterocycles. The smallest absolute Gasteiger partial charge is 0.410 e. The molecule has 0 aromatic heterocycles. The maximum absolute atomic E-state index is 12.9. The summed E-state index contributed by atoms with van der Waals surface area (Å²) in [5.41, 5.74) is -1.07. The fourth-order valence-electron chi connectivity index (χ4n) is 7.70. The van der Waals surface area contributed by atoms with Crippen molar-refractivity contribution < 1.29 is 19.4 Å². The van der Waals surface area contributed by atoms with Crippen molar-refractivity contribution in [1.82, 2.24) is 4.90 Å². The molecule has 0 spiro atoms. The summed E-state index contributed by atoms with van der Waals surface area (Å²) in [5, 5.41) is 12.0. The van der Waals surface area contributed by atoms with Crippen LogP contribution in [-0.4, -0.2) is 52.6 Å². The number of fused-ring (bicyclic) bond motifs is 2. The van der Waals surface area contributed by atoms with Crippen LogP contribution in [0.15, 0.2) is 0 Å². The number of hydrogen-bond donors (Lipinski definition) is 1. The summed E-state index contributed by atoms with van der Waals surface area (Å²) in [6.45, 7) is 6.77. The Morgan fingerprint density at radius 1 is 0.963 bits per heavy atom. The van der Waals surface area contributed by atoms with Gasteiger partial charge in [-0.15, -0.1) is 0 Å². The molecule has 4 aliphatic carbocycles. The zero-order valence-electron chi connectivity index (χ0n) is 17.1. The second kappa shape index (κ2) is 5.85. The van der Waals surface area contributed by atoms with Gasteiger partial charge in [-0.3, -0.25) is 4.90 Å². The number of amides is 1. The summed E-state index contributed by atoms with van der Waals surface area (Å²) in [5.74, 6) is 2.46. The second-order valence-corrected chi connectivity index (χ2v) is 11.4. The van der Waals surface area contributed by atoms with Gasteiger partial charge in [0.1, 0.15) is 5.60 Å². The van der Waals surface area contributed by atoms with Gasteiger partial charge in [0.25, 0.3) is 0 Å². The predicted octanol–water partition coefficient (Wildman–Crippen LogP) is 3.73. The van der Waals surface area contributed by atoms with Gasteiger partial charge in [-0.05, 0) is 89.9 Å². The van der Waals surface area contributed by atoms with Crippen molar-refractivity contribution in [3.8, 4) is 0 Å². The first-order valence-corrected chi connectivity index (χ1v) is 11.0. The third-order valence-electron chi connectivity index (χ3n) is 8.18. The number of hydrogen-bond acceptors (Lipinski definition) is 4. The Kier molecular flexibility index (Phi) is 3.95. The van der Waals surface area contributed by atoms with Crippen molar-refractivity contribution in [2.75, 3.05) is 13.2 Å². The average molecular weight is 378 g/mol. The molecule has 5 nitrogen and oxygen atoms in total. The highest BCUT2D eigenvalue weighted by molar-refractivity contribution is 5.69. The lowest BCUT2D eigenvalue weighted by molar-refractivity contribution is -0.227. The Morgan fingerprint density at radius 2 is 1.44 bits per heavy atom. The maximum Gasteiger partial charge on any atom is 0.410 e. The first-order valence-electron chi connectivity index (χ1n) is 11.0. The van der Waals surface area contributed by atoms with E-state index in [0.29, 0.717) is 26.1 Å². The van der Waals surface area contributed by atoms with E-state index in [1.807, 2.05) is 25.7 Å². The largest absolute Gasteiger partial charge is 0.444 e. The van der Waals surface area contributed by atoms with Gasteiger partial charge in [0.05, 0.1) is 30.9 Å². The Hall–Kier alpha value is -0.810. The minimum absolute atomic E-state index is 0.0645. The van der Waals surface area contributed by atoms with Gasteiger partial charge >= 0.3 is 6.09 Å². The number of ether oxygens (including phenoxy) is 2. The SMILES string of the molecule is CC(C)(C)OC(=O)N1C2COCC1CC(O)(C13CC4CC(CC(C4)C1)C3)C2. The first kappa shape index (κ1) is 18.2. The van der Waals surface area contributed by atoms with Crippen LogP contribution in [0.5, 0.6) is 0 Å². The molecule has 6 bridgehead atoms. The molecule has 1 amide bonds. The summed E-state index contributed by atoms with van der Waals surface area (Å²) < 4.78 is 11.5. The molecule has 2 aliphatic heterocycles. The van der Waals surface area contributed by atoms with Crippen molar-refractivity contribution in [3.63, 3.8) is 0 Å². The molecular formula is C22H35NO4. The highest BCUT2D eigenvalue weighted by atomic mass is 16.6. The molecule has 2 heterocycles. The van der Waals surface area contributed by atoms with Gasteiger partial charge in [-0.1, -0.05) is 0 Å². The van der Waals surface area contributed by atoms with Crippen LogP contribution in [0.25, 0.3) is 0 Å². The van der Waals surface area contributed by atoms with Crippen LogP contribution in [0.2, 0.25) is 0 Å². The van der Waals surface area contributed by atoms with Crippen LogP contribution < -0.4 is 0 Å². The number of morpholine rings is 1. The normalized spacial score (nSPS) is 48.6. The number of rotatable bonds is 1. The van der Waals surface area contributed by atoms with E-state index < -0.39 is 11.2 Å². The summed E-state index contributed by atoms with van der Waals surface area (Å²) in [6, 6.07) is -0.129. The van der Waals surface area contributed by atoms with Gasteiger partial charge in [0.15, 0.2) is 0 Å². The highest BCUT2D eigenvalue weighted by Gasteiger charge is 2.63. The number of carbonyl (C=O) groups excluding carboxylic acids is 1. The van der Waals surface area contributed by atoms with Crippen LogP contribution in [-0.2, 0) is 9.47 Å². The fourth-order valence-corrected chi connectivity index (χ4v) is 7.70. The third kappa shape index (κ3) is 2.91. The maximum atomic E-state index is 12.9. The van der Waals surface area contributed by atoms with Gasteiger partial charge < -0.3 is 14.6 Å². The van der Waals surface area contributed by atoms with E-state index in [9.17, 15) is 9.90 Å². The lowest BCUT2D eigenvalue weighted by Gasteiger charge is -2.65. The summed E-state index contributed by atoms with van der Waals surface area (Å²) >= 11 is 0. The number of aliphatic hydroxyl groups is 1. The fraction of sp³-hybridized carbons (Fsp3) is 0.955. The van der Waals surface area contributed by atoms with Crippen LogP contribution in [0.4, 0.5) is 4.79 Å². The molecule has 6 aliphatic rings. The summed E-state index contributed by atoms with van der Waals surface area (Å²) in [4.78, 5) is 14.7. The molecular weight excluding hydrogens is 342 g/mol. The third-order valence-corrected chi connectivity index (χ3v) is 8.18. The minimum Gasteiger partial charge on any atom is -0.444 e. The monoisotopic (exact) mass is 377 g/mol. The van der Waals surface area contributed by atoms with E-state index >= 15 is 0 Å². The van der Waals surface area contributed by atoms with Crippen molar-refractivity contribution in [2.24, 2.45) is 23.2 Å². The van der Waals surface area contributed by atoms with E-state index in [1.165, 1.54) is 38.5 Å². The van der Waals surface area contributed by atoms with E-state index in [-0.39, 0.29) is 23.6 Å².